The minimum absolute atomic E-state index is 0.171. The first-order valence-corrected chi connectivity index (χ1v) is 11.7. The van der Waals surface area contributed by atoms with Crippen LogP contribution in [-0.2, 0) is 0 Å². The number of unbranched alkanes of at least 4 members (excludes halogenated alkanes) is 1. The minimum atomic E-state index is -0.443. The molecule has 0 aliphatic carbocycles. The Morgan fingerprint density at radius 2 is 1.65 bits per heavy atom. The molecule has 0 aliphatic rings. The van der Waals surface area contributed by atoms with E-state index in [-0.39, 0.29) is 11.5 Å². The Morgan fingerprint density at radius 3 is 2.32 bits per heavy atom. The van der Waals surface area contributed by atoms with E-state index in [2.05, 4.69) is 6.92 Å². The number of benzene rings is 3. The van der Waals surface area contributed by atoms with Crippen molar-refractivity contribution >= 4 is 16.8 Å². The fraction of sp³-hybridized carbons (Fsp3) is 0.250. The van der Waals surface area contributed by atoms with Crippen LogP contribution in [-0.4, -0.2) is 26.9 Å². The zero-order chi connectivity index (χ0) is 24.1. The van der Waals surface area contributed by atoms with Crippen LogP contribution in [0.25, 0.3) is 16.6 Å². The number of halogens is 1. The molecule has 0 N–H and O–H groups in total. The lowest BCUT2D eigenvalue weighted by molar-refractivity contribution is 0.0656. The normalized spacial score (nSPS) is 12.0. The van der Waals surface area contributed by atoms with E-state index in [1.807, 2.05) is 55.5 Å². The molecule has 1 amide bonds. The Morgan fingerprint density at radius 1 is 0.971 bits per heavy atom. The maximum Gasteiger partial charge on any atom is 0.266 e. The molecule has 4 rings (SSSR count). The number of carbonyl (C=O) groups is 1. The quantitative estimate of drug-likeness (QED) is 0.330. The summed E-state index contributed by atoms with van der Waals surface area (Å²) in [5.74, 6) is -0.0795. The van der Waals surface area contributed by atoms with Gasteiger partial charge in [-0.3, -0.25) is 14.2 Å². The average Bonchev–Trinajstić information content (AvgIpc) is 2.87. The largest absolute Gasteiger partial charge is 0.328 e. The van der Waals surface area contributed by atoms with Crippen molar-refractivity contribution in [2.24, 2.45) is 0 Å². The van der Waals surface area contributed by atoms with Crippen LogP contribution in [0.15, 0.2) is 83.7 Å². The van der Waals surface area contributed by atoms with Gasteiger partial charge in [0.25, 0.3) is 11.5 Å². The van der Waals surface area contributed by atoms with Crippen LogP contribution < -0.4 is 5.56 Å². The molecular formula is C28H28FN3O2. The van der Waals surface area contributed by atoms with E-state index in [1.54, 1.807) is 15.5 Å². The number of fused-ring (bicyclic) bond motifs is 1. The molecule has 0 radical (unpaired) electrons. The summed E-state index contributed by atoms with van der Waals surface area (Å²) in [5, 5.41) is 0.523. The van der Waals surface area contributed by atoms with Crippen LogP contribution in [0.5, 0.6) is 0 Å². The van der Waals surface area contributed by atoms with Crippen molar-refractivity contribution in [3.8, 4) is 5.69 Å². The Labute approximate surface area is 198 Å². The first-order chi connectivity index (χ1) is 16.5. The van der Waals surface area contributed by atoms with Gasteiger partial charge in [-0.2, -0.15) is 0 Å². The minimum Gasteiger partial charge on any atom is -0.328 e. The number of para-hydroxylation sites is 2. The Hall–Kier alpha value is -3.80. The van der Waals surface area contributed by atoms with E-state index < -0.39 is 11.9 Å². The van der Waals surface area contributed by atoms with Gasteiger partial charge in [0.2, 0.25) is 0 Å². The Balaban J connectivity index is 1.92. The second-order valence-corrected chi connectivity index (χ2v) is 8.25. The molecule has 3 aromatic carbocycles. The summed E-state index contributed by atoms with van der Waals surface area (Å²) in [6.07, 6.45) is 2.26. The third-order valence-electron chi connectivity index (χ3n) is 5.98. The van der Waals surface area contributed by atoms with Gasteiger partial charge in [0.05, 0.1) is 22.6 Å². The van der Waals surface area contributed by atoms with Crippen LogP contribution in [0.3, 0.4) is 0 Å². The molecule has 0 bridgehead atoms. The highest BCUT2D eigenvalue weighted by atomic mass is 19.1. The van der Waals surface area contributed by atoms with E-state index in [1.165, 1.54) is 24.3 Å². The standard InChI is InChI=1S/C28H28FN3O2/c1-3-5-19-31(27(33)20-15-17-21(29)18-16-20)25(4-2)26-30-24-14-10-9-13-23(24)28(34)32(26)22-11-7-6-8-12-22/h6-18,25H,3-5,19H2,1-2H3. The molecule has 5 nitrogen and oxygen atoms in total. The summed E-state index contributed by atoms with van der Waals surface area (Å²) in [5.41, 5.74) is 1.53. The van der Waals surface area contributed by atoms with Gasteiger partial charge >= 0.3 is 0 Å². The SMILES string of the molecule is CCCCN(C(=O)c1ccc(F)cc1)C(CC)c1nc2ccccc2c(=O)n1-c1ccccc1. The summed E-state index contributed by atoms with van der Waals surface area (Å²) < 4.78 is 15.1. The van der Waals surface area contributed by atoms with E-state index >= 15 is 0 Å². The first kappa shape index (κ1) is 23.4. The predicted molar refractivity (Wildman–Crippen MR) is 133 cm³/mol. The third kappa shape index (κ3) is 4.62. The van der Waals surface area contributed by atoms with Gasteiger partial charge in [-0.25, -0.2) is 9.37 Å². The van der Waals surface area contributed by atoms with E-state index in [9.17, 15) is 14.0 Å². The number of hydrogen-bond acceptors (Lipinski definition) is 3. The van der Waals surface area contributed by atoms with Crippen molar-refractivity contribution in [1.82, 2.24) is 14.5 Å². The fourth-order valence-electron chi connectivity index (χ4n) is 4.23. The Bertz CT molecular complexity index is 1330. The van der Waals surface area contributed by atoms with Gasteiger partial charge in [-0.15, -0.1) is 0 Å². The summed E-state index contributed by atoms with van der Waals surface area (Å²) in [7, 11) is 0. The number of hydrogen-bond donors (Lipinski definition) is 0. The molecule has 0 saturated carbocycles. The zero-order valence-electron chi connectivity index (χ0n) is 19.4. The van der Waals surface area contributed by atoms with Crippen LogP contribution >= 0.6 is 0 Å². The maximum atomic E-state index is 13.7. The lowest BCUT2D eigenvalue weighted by atomic mass is 10.1. The third-order valence-corrected chi connectivity index (χ3v) is 5.98. The highest BCUT2D eigenvalue weighted by Gasteiger charge is 2.29. The smallest absolute Gasteiger partial charge is 0.266 e. The van der Waals surface area contributed by atoms with E-state index in [0.717, 1.165) is 12.8 Å². The second-order valence-electron chi connectivity index (χ2n) is 8.25. The first-order valence-electron chi connectivity index (χ1n) is 11.7. The van der Waals surface area contributed by atoms with E-state index in [0.29, 0.717) is 40.9 Å². The van der Waals surface area contributed by atoms with Crippen molar-refractivity contribution in [3.05, 3.63) is 106 Å². The second kappa shape index (κ2) is 10.4. The molecule has 1 heterocycles. The molecule has 0 saturated heterocycles. The van der Waals surface area contributed by atoms with Gasteiger partial charge in [0, 0.05) is 12.1 Å². The summed E-state index contributed by atoms with van der Waals surface area (Å²) >= 11 is 0. The average molecular weight is 458 g/mol. The molecule has 0 aliphatic heterocycles. The van der Waals surface area contributed by atoms with Crippen LogP contribution in [0.1, 0.15) is 55.3 Å². The molecule has 6 heteroatoms. The van der Waals surface area contributed by atoms with Gasteiger partial charge in [0.1, 0.15) is 11.6 Å². The van der Waals surface area contributed by atoms with Gasteiger partial charge in [0.15, 0.2) is 0 Å². The highest BCUT2D eigenvalue weighted by Crippen LogP contribution is 2.28. The monoisotopic (exact) mass is 457 g/mol. The van der Waals surface area contributed by atoms with Crippen LogP contribution in [0, 0.1) is 5.82 Å². The zero-order valence-corrected chi connectivity index (χ0v) is 19.4. The molecule has 34 heavy (non-hydrogen) atoms. The molecular weight excluding hydrogens is 429 g/mol. The van der Waals surface area contributed by atoms with Crippen LogP contribution in [0.2, 0.25) is 0 Å². The molecule has 0 fully saturated rings. The Kier molecular flexibility index (Phi) is 7.16. The molecule has 0 spiro atoms. The predicted octanol–water partition coefficient (Wildman–Crippen LogP) is 5.92. The number of aromatic nitrogens is 2. The number of nitrogens with zero attached hydrogens (tertiary/aromatic N) is 3. The summed E-state index contributed by atoms with van der Waals surface area (Å²) in [6, 6.07) is 21.8. The van der Waals surface area contributed by atoms with Crippen LogP contribution in [0.4, 0.5) is 4.39 Å². The topological polar surface area (TPSA) is 55.2 Å². The molecule has 1 atom stereocenters. The highest BCUT2D eigenvalue weighted by molar-refractivity contribution is 5.94. The number of amides is 1. The van der Waals surface area contributed by atoms with Crippen molar-refractivity contribution in [3.63, 3.8) is 0 Å². The summed E-state index contributed by atoms with van der Waals surface area (Å²) in [6.45, 7) is 4.55. The van der Waals surface area contributed by atoms with Crippen molar-refractivity contribution < 1.29 is 9.18 Å². The van der Waals surface area contributed by atoms with Gasteiger partial charge in [-0.1, -0.05) is 50.6 Å². The maximum absolute atomic E-state index is 13.7. The molecule has 174 valence electrons. The van der Waals surface area contributed by atoms with E-state index in [4.69, 9.17) is 4.98 Å². The van der Waals surface area contributed by atoms with Crippen molar-refractivity contribution in [2.45, 2.75) is 39.2 Å². The lowest BCUT2D eigenvalue weighted by Crippen LogP contribution is -2.39. The lowest BCUT2D eigenvalue weighted by Gasteiger charge is -2.32. The van der Waals surface area contributed by atoms with Crippen molar-refractivity contribution in [2.75, 3.05) is 6.54 Å². The molecule has 4 aromatic rings. The molecule has 1 aromatic heterocycles. The number of carbonyl (C=O) groups excluding carboxylic acids is 1. The fourth-order valence-corrected chi connectivity index (χ4v) is 4.23. The van der Waals surface area contributed by atoms with Crippen molar-refractivity contribution in [1.29, 1.82) is 0 Å². The summed E-state index contributed by atoms with van der Waals surface area (Å²) in [4.78, 5) is 34.0. The van der Waals surface area contributed by atoms with Gasteiger partial charge in [-0.05, 0) is 61.4 Å². The molecule has 1 unspecified atom stereocenters. The van der Waals surface area contributed by atoms with Gasteiger partial charge < -0.3 is 4.90 Å². The number of rotatable bonds is 8.